The van der Waals surface area contributed by atoms with Crippen molar-refractivity contribution in [2.45, 2.75) is 13.8 Å². The Morgan fingerprint density at radius 3 is 2.80 bits per heavy atom. The van der Waals surface area contributed by atoms with E-state index in [0.717, 1.165) is 21.0 Å². The largest absolute Gasteiger partial charge is 0.353 e. The Bertz CT molecular complexity index is 479. The average molecular weight is 223 g/mol. The van der Waals surface area contributed by atoms with Gasteiger partial charge in [-0.1, -0.05) is 11.3 Å². The van der Waals surface area contributed by atoms with E-state index in [-0.39, 0.29) is 0 Å². The predicted octanol–water partition coefficient (Wildman–Crippen LogP) is 1.07. The van der Waals surface area contributed by atoms with Gasteiger partial charge in [-0.3, -0.25) is 0 Å². The zero-order valence-electron chi connectivity index (χ0n) is 8.74. The van der Waals surface area contributed by atoms with E-state index in [1.807, 2.05) is 13.8 Å². The Kier molecular flexibility index (Phi) is 2.79. The lowest BCUT2D eigenvalue weighted by Gasteiger charge is -2.03. The molecular weight excluding hydrogens is 210 g/mol. The molecule has 0 saturated heterocycles. The monoisotopic (exact) mass is 223 g/mol. The van der Waals surface area contributed by atoms with E-state index >= 15 is 0 Å². The number of fused-ring (bicyclic) bond motifs is 1. The maximum absolute atomic E-state index is 5.40. The van der Waals surface area contributed by atoms with Crippen LogP contribution in [-0.2, 0) is 0 Å². The van der Waals surface area contributed by atoms with Gasteiger partial charge < -0.3 is 11.1 Å². The van der Waals surface area contributed by atoms with Gasteiger partial charge in [-0.2, -0.15) is 0 Å². The van der Waals surface area contributed by atoms with Gasteiger partial charge in [0.2, 0.25) is 5.95 Å². The van der Waals surface area contributed by atoms with Crippen molar-refractivity contribution in [1.82, 2.24) is 15.0 Å². The van der Waals surface area contributed by atoms with Gasteiger partial charge in [-0.15, -0.1) is 0 Å². The molecule has 0 aliphatic rings. The molecule has 0 saturated carbocycles. The summed E-state index contributed by atoms with van der Waals surface area (Å²) in [5, 5.41) is 4.08. The van der Waals surface area contributed by atoms with Crippen LogP contribution in [0, 0.1) is 13.8 Å². The smallest absolute Gasteiger partial charge is 0.224 e. The Labute approximate surface area is 91.8 Å². The number of thiazole rings is 1. The fraction of sp³-hybridized carbons (Fsp3) is 0.444. The van der Waals surface area contributed by atoms with Crippen LogP contribution in [0.25, 0.3) is 10.3 Å². The third kappa shape index (κ3) is 2.05. The first-order valence-electron chi connectivity index (χ1n) is 4.76. The molecule has 5 nitrogen and oxygen atoms in total. The zero-order valence-corrected chi connectivity index (χ0v) is 9.56. The highest BCUT2D eigenvalue weighted by molar-refractivity contribution is 7.18. The highest BCUT2D eigenvalue weighted by Crippen LogP contribution is 2.22. The van der Waals surface area contributed by atoms with Crippen LogP contribution in [-0.4, -0.2) is 28.0 Å². The number of nitrogens with two attached hydrogens (primary N) is 1. The van der Waals surface area contributed by atoms with Crippen LogP contribution in [0.5, 0.6) is 0 Å². The molecule has 15 heavy (non-hydrogen) atoms. The Hall–Kier alpha value is -1.27. The normalized spacial score (nSPS) is 10.9. The topological polar surface area (TPSA) is 76.7 Å². The van der Waals surface area contributed by atoms with Crippen LogP contribution in [0.2, 0.25) is 0 Å². The highest BCUT2D eigenvalue weighted by Gasteiger charge is 2.08. The minimum absolute atomic E-state index is 0.572. The van der Waals surface area contributed by atoms with Crippen molar-refractivity contribution in [1.29, 1.82) is 0 Å². The third-order valence-electron chi connectivity index (χ3n) is 1.97. The summed E-state index contributed by atoms with van der Waals surface area (Å²) >= 11 is 1.58. The molecule has 2 rings (SSSR count). The molecule has 2 aromatic rings. The lowest BCUT2D eigenvalue weighted by atomic mass is 10.4. The van der Waals surface area contributed by atoms with E-state index in [1.54, 1.807) is 11.3 Å². The van der Waals surface area contributed by atoms with Crippen LogP contribution in [0.1, 0.15) is 10.7 Å². The summed E-state index contributed by atoms with van der Waals surface area (Å²) in [6.45, 7) is 5.17. The Balaban J connectivity index is 2.42. The van der Waals surface area contributed by atoms with E-state index < -0.39 is 0 Å². The number of hydrogen-bond donors (Lipinski definition) is 2. The van der Waals surface area contributed by atoms with Gasteiger partial charge >= 0.3 is 0 Å². The zero-order chi connectivity index (χ0) is 10.8. The SMILES string of the molecule is Cc1nc2c(C)nc(NCCN)nc2s1. The molecule has 3 N–H and O–H groups in total. The van der Waals surface area contributed by atoms with Gasteiger partial charge in [0.15, 0.2) is 0 Å². The van der Waals surface area contributed by atoms with Gasteiger partial charge in [0.1, 0.15) is 10.3 Å². The molecule has 0 fully saturated rings. The number of nitrogens with one attached hydrogen (secondary N) is 1. The molecule has 0 radical (unpaired) electrons. The van der Waals surface area contributed by atoms with E-state index in [2.05, 4.69) is 20.3 Å². The summed E-state index contributed by atoms with van der Waals surface area (Å²) in [5.74, 6) is 0.633. The number of aromatic nitrogens is 3. The van der Waals surface area contributed by atoms with E-state index in [1.165, 1.54) is 0 Å². The first kappa shape index (κ1) is 10.3. The molecule has 80 valence electrons. The fourth-order valence-electron chi connectivity index (χ4n) is 1.32. The molecule has 6 heteroatoms. The van der Waals surface area contributed by atoms with E-state index in [9.17, 15) is 0 Å². The maximum atomic E-state index is 5.40. The van der Waals surface area contributed by atoms with Crippen LogP contribution in [0.15, 0.2) is 0 Å². The van der Waals surface area contributed by atoms with Gasteiger partial charge in [0.25, 0.3) is 0 Å². The number of aryl methyl sites for hydroxylation is 2. The molecule has 2 aromatic heterocycles. The number of hydrogen-bond acceptors (Lipinski definition) is 6. The number of anilines is 1. The second-order valence-corrected chi connectivity index (χ2v) is 4.42. The van der Waals surface area contributed by atoms with Crippen LogP contribution >= 0.6 is 11.3 Å². The van der Waals surface area contributed by atoms with Gasteiger partial charge in [0, 0.05) is 13.1 Å². The van der Waals surface area contributed by atoms with Crippen molar-refractivity contribution < 1.29 is 0 Å². The van der Waals surface area contributed by atoms with Crippen molar-refractivity contribution in [3.05, 3.63) is 10.7 Å². The molecule has 0 aliphatic heterocycles. The summed E-state index contributed by atoms with van der Waals surface area (Å²) in [6, 6.07) is 0. The first-order chi connectivity index (χ1) is 7.20. The lowest BCUT2D eigenvalue weighted by molar-refractivity contribution is 0.989. The molecule has 0 spiro atoms. The van der Waals surface area contributed by atoms with Gasteiger partial charge in [-0.05, 0) is 13.8 Å². The molecule has 0 aromatic carbocycles. The summed E-state index contributed by atoms with van der Waals surface area (Å²) in [7, 11) is 0. The molecule has 0 amide bonds. The Morgan fingerprint density at radius 2 is 2.07 bits per heavy atom. The van der Waals surface area contributed by atoms with E-state index in [4.69, 9.17) is 5.73 Å². The van der Waals surface area contributed by atoms with Crippen LogP contribution in [0.4, 0.5) is 5.95 Å². The lowest BCUT2D eigenvalue weighted by Crippen LogP contribution is -2.15. The maximum Gasteiger partial charge on any atom is 0.224 e. The van der Waals surface area contributed by atoms with Crippen molar-refractivity contribution in [2.75, 3.05) is 18.4 Å². The number of rotatable bonds is 3. The molecule has 0 unspecified atom stereocenters. The molecule has 2 heterocycles. The molecule has 0 bridgehead atoms. The number of nitrogens with zero attached hydrogens (tertiary/aromatic N) is 3. The van der Waals surface area contributed by atoms with Crippen molar-refractivity contribution >= 4 is 27.6 Å². The van der Waals surface area contributed by atoms with Crippen LogP contribution in [0.3, 0.4) is 0 Å². The fourth-order valence-corrected chi connectivity index (χ4v) is 2.16. The first-order valence-corrected chi connectivity index (χ1v) is 5.58. The second-order valence-electron chi connectivity index (χ2n) is 3.23. The molecular formula is C9H13N5S. The van der Waals surface area contributed by atoms with Crippen molar-refractivity contribution in [2.24, 2.45) is 5.73 Å². The van der Waals surface area contributed by atoms with E-state index in [0.29, 0.717) is 19.0 Å². The summed E-state index contributed by atoms with van der Waals surface area (Å²) in [4.78, 5) is 14.0. The summed E-state index contributed by atoms with van der Waals surface area (Å²) in [6.07, 6.45) is 0. The quantitative estimate of drug-likeness (QED) is 0.814. The predicted molar refractivity (Wildman–Crippen MR) is 62.2 cm³/mol. The minimum atomic E-state index is 0.572. The standard InChI is InChI=1S/C9H13N5S/c1-5-7-8(15-6(2)13-7)14-9(12-5)11-4-3-10/h3-4,10H2,1-2H3,(H,11,12,14). The van der Waals surface area contributed by atoms with Gasteiger partial charge in [0.05, 0.1) is 10.7 Å². The second kappa shape index (κ2) is 4.08. The molecule has 0 atom stereocenters. The average Bonchev–Trinajstić information content (AvgIpc) is 2.56. The summed E-state index contributed by atoms with van der Waals surface area (Å²) in [5.41, 5.74) is 7.21. The molecule has 0 aliphatic carbocycles. The highest BCUT2D eigenvalue weighted by atomic mass is 32.1. The van der Waals surface area contributed by atoms with Crippen molar-refractivity contribution in [3.8, 4) is 0 Å². The summed E-state index contributed by atoms with van der Waals surface area (Å²) < 4.78 is 0. The Morgan fingerprint density at radius 1 is 1.27 bits per heavy atom. The minimum Gasteiger partial charge on any atom is -0.353 e. The van der Waals surface area contributed by atoms with Crippen LogP contribution < -0.4 is 11.1 Å². The third-order valence-corrected chi connectivity index (χ3v) is 2.83. The van der Waals surface area contributed by atoms with Gasteiger partial charge in [-0.25, -0.2) is 15.0 Å². The van der Waals surface area contributed by atoms with Crippen molar-refractivity contribution in [3.63, 3.8) is 0 Å².